The van der Waals surface area contributed by atoms with E-state index in [-0.39, 0.29) is 5.82 Å². The Hall–Kier alpha value is -2.04. The molecule has 1 aliphatic rings. The Morgan fingerprint density at radius 3 is 2.68 bits per heavy atom. The fraction of sp³-hybridized carbons (Fsp3) is 0.471. The summed E-state index contributed by atoms with van der Waals surface area (Å²) in [5.74, 6) is -0.203. The molecule has 0 spiro atoms. The summed E-state index contributed by atoms with van der Waals surface area (Å²) in [7, 11) is 1.93. The lowest BCUT2D eigenvalue weighted by Crippen LogP contribution is -2.30. The van der Waals surface area contributed by atoms with E-state index in [0.717, 1.165) is 35.7 Å². The maximum atomic E-state index is 13.6. The van der Waals surface area contributed by atoms with E-state index in [0.29, 0.717) is 6.54 Å². The first-order valence-corrected chi connectivity index (χ1v) is 7.91. The Bertz CT molecular complexity index is 644. The summed E-state index contributed by atoms with van der Waals surface area (Å²) in [6, 6.07) is 5.03. The van der Waals surface area contributed by atoms with E-state index in [2.05, 4.69) is 15.3 Å². The van der Waals surface area contributed by atoms with E-state index in [1.165, 1.54) is 19.3 Å². The molecule has 2 heterocycles. The summed E-state index contributed by atoms with van der Waals surface area (Å²) >= 11 is 0. The number of halogens is 1. The SMILES string of the molecule is Cc1c(CNc2cc(F)ccc2N2CCCCC2)cnn1C. The van der Waals surface area contributed by atoms with E-state index in [4.69, 9.17) is 0 Å². The van der Waals surface area contributed by atoms with Crippen molar-refractivity contribution in [1.82, 2.24) is 9.78 Å². The van der Waals surface area contributed by atoms with Gasteiger partial charge in [-0.1, -0.05) is 0 Å². The molecule has 118 valence electrons. The van der Waals surface area contributed by atoms with Gasteiger partial charge in [0.15, 0.2) is 0 Å². The second kappa shape index (κ2) is 6.38. The topological polar surface area (TPSA) is 33.1 Å². The van der Waals surface area contributed by atoms with Gasteiger partial charge in [-0.2, -0.15) is 5.10 Å². The van der Waals surface area contributed by atoms with Crippen LogP contribution in [0.3, 0.4) is 0 Å². The van der Waals surface area contributed by atoms with Gasteiger partial charge in [-0.25, -0.2) is 4.39 Å². The lowest BCUT2D eigenvalue weighted by Gasteiger charge is -2.30. The number of hydrogen-bond acceptors (Lipinski definition) is 3. The van der Waals surface area contributed by atoms with Crippen LogP contribution in [0.4, 0.5) is 15.8 Å². The van der Waals surface area contributed by atoms with Crippen LogP contribution in [-0.2, 0) is 13.6 Å². The molecule has 0 radical (unpaired) electrons. The minimum Gasteiger partial charge on any atom is -0.379 e. The Morgan fingerprint density at radius 2 is 2.00 bits per heavy atom. The number of rotatable bonds is 4. The van der Waals surface area contributed by atoms with Crippen LogP contribution in [-0.4, -0.2) is 22.9 Å². The number of nitrogens with one attached hydrogen (secondary N) is 1. The highest BCUT2D eigenvalue weighted by atomic mass is 19.1. The van der Waals surface area contributed by atoms with Gasteiger partial charge < -0.3 is 10.2 Å². The van der Waals surface area contributed by atoms with Crippen LogP contribution in [0.1, 0.15) is 30.5 Å². The maximum absolute atomic E-state index is 13.6. The zero-order chi connectivity index (χ0) is 15.5. The average molecular weight is 302 g/mol. The van der Waals surface area contributed by atoms with E-state index in [1.54, 1.807) is 12.1 Å². The highest BCUT2D eigenvalue weighted by Crippen LogP contribution is 2.29. The summed E-state index contributed by atoms with van der Waals surface area (Å²) in [5.41, 5.74) is 4.23. The van der Waals surface area contributed by atoms with Crippen molar-refractivity contribution in [2.45, 2.75) is 32.7 Å². The highest BCUT2D eigenvalue weighted by molar-refractivity contribution is 5.70. The molecular formula is C17H23FN4. The van der Waals surface area contributed by atoms with Crippen LogP contribution in [0.5, 0.6) is 0 Å². The number of hydrogen-bond donors (Lipinski definition) is 1. The van der Waals surface area contributed by atoms with Crippen molar-refractivity contribution in [3.05, 3.63) is 41.5 Å². The van der Waals surface area contributed by atoms with Gasteiger partial charge in [0, 0.05) is 37.9 Å². The summed E-state index contributed by atoms with van der Waals surface area (Å²) < 4.78 is 15.5. The normalized spacial score (nSPS) is 15.1. The van der Waals surface area contributed by atoms with Gasteiger partial charge in [-0.3, -0.25) is 4.68 Å². The fourth-order valence-electron chi connectivity index (χ4n) is 2.97. The molecule has 5 heteroatoms. The molecule has 0 amide bonds. The van der Waals surface area contributed by atoms with E-state index in [1.807, 2.05) is 30.9 Å². The molecule has 0 unspecified atom stereocenters. The third-order valence-corrected chi connectivity index (χ3v) is 4.46. The van der Waals surface area contributed by atoms with E-state index in [9.17, 15) is 4.39 Å². The first-order valence-electron chi connectivity index (χ1n) is 7.91. The van der Waals surface area contributed by atoms with Gasteiger partial charge in [0.2, 0.25) is 0 Å². The summed E-state index contributed by atoms with van der Waals surface area (Å²) in [5, 5.41) is 7.64. The largest absolute Gasteiger partial charge is 0.379 e. The van der Waals surface area contributed by atoms with Crippen molar-refractivity contribution in [2.24, 2.45) is 7.05 Å². The minimum absolute atomic E-state index is 0.203. The molecule has 22 heavy (non-hydrogen) atoms. The van der Waals surface area contributed by atoms with Crippen LogP contribution in [0.15, 0.2) is 24.4 Å². The lowest BCUT2D eigenvalue weighted by molar-refractivity contribution is 0.577. The average Bonchev–Trinajstić information content (AvgIpc) is 2.85. The number of aromatic nitrogens is 2. The molecule has 0 atom stereocenters. The van der Waals surface area contributed by atoms with Gasteiger partial charge in [0.25, 0.3) is 0 Å². The van der Waals surface area contributed by atoms with Gasteiger partial charge in [-0.05, 0) is 44.4 Å². The van der Waals surface area contributed by atoms with E-state index < -0.39 is 0 Å². The first kappa shape index (κ1) is 14.9. The minimum atomic E-state index is -0.203. The summed E-state index contributed by atoms with van der Waals surface area (Å²) in [6.45, 7) is 4.80. The monoisotopic (exact) mass is 302 g/mol. The number of nitrogens with zero attached hydrogens (tertiary/aromatic N) is 3. The highest BCUT2D eigenvalue weighted by Gasteiger charge is 2.15. The summed E-state index contributed by atoms with van der Waals surface area (Å²) in [6.07, 6.45) is 5.56. The molecule has 4 nitrogen and oxygen atoms in total. The van der Waals surface area contributed by atoms with Crippen LogP contribution < -0.4 is 10.2 Å². The second-order valence-electron chi connectivity index (χ2n) is 5.94. The predicted octanol–water partition coefficient (Wildman–Crippen LogP) is 3.47. The van der Waals surface area contributed by atoms with Crippen molar-refractivity contribution in [2.75, 3.05) is 23.3 Å². The van der Waals surface area contributed by atoms with Crippen molar-refractivity contribution in [1.29, 1.82) is 0 Å². The zero-order valence-corrected chi connectivity index (χ0v) is 13.3. The molecule has 1 N–H and O–H groups in total. The maximum Gasteiger partial charge on any atom is 0.125 e. The number of benzene rings is 1. The molecule has 1 aromatic heterocycles. The quantitative estimate of drug-likeness (QED) is 0.939. The fourth-order valence-corrected chi connectivity index (χ4v) is 2.97. The standard InChI is InChI=1S/C17H23FN4/c1-13-14(12-20-21(13)2)11-19-16-10-15(18)6-7-17(16)22-8-4-3-5-9-22/h6-7,10,12,19H,3-5,8-9,11H2,1-2H3. The van der Waals surface area contributed by atoms with Crippen molar-refractivity contribution < 1.29 is 4.39 Å². The smallest absolute Gasteiger partial charge is 0.125 e. The second-order valence-corrected chi connectivity index (χ2v) is 5.94. The Kier molecular flexibility index (Phi) is 4.32. The molecular weight excluding hydrogens is 279 g/mol. The number of piperidine rings is 1. The molecule has 0 bridgehead atoms. The number of anilines is 2. The van der Waals surface area contributed by atoms with Crippen LogP contribution in [0, 0.1) is 12.7 Å². The molecule has 0 aliphatic carbocycles. The predicted molar refractivity (Wildman–Crippen MR) is 87.7 cm³/mol. The van der Waals surface area contributed by atoms with E-state index >= 15 is 0 Å². The summed E-state index contributed by atoms with van der Waals surface area (Å²) in [4.78, 5) is 2.35. The lowest BCUT2D eigenvalue weighted by atomic mass is 10.1. The number of aryl methyl sites for hydroxylation is 1. The molecule has 1 fully saturated rings. The van der Waals surface area contributed by atoms with Crippen LogP contribution >= 0.6 is 0 Å². The third-order valence-electron chi connectivity index (χ3n) is 4.46. The van der Waals surface area contributed by atoms with Gasteiger partial charge in [-0.15, -0.1) is 0 Å². The van der Waals surface area contributed by atoms with Gasteiger partial charge in [0.05, 0.1) is 17.6 Å². The zero-order valence-electron chi connectivity index (χ0n) is 13.3. The van der Waals surface area contributed by atoms with Gasteiger partial charge >= 0.3 is 0 Å². The molecule has 1 aromatic carbocycles. The third kappa shape index (κ3) is 3.08. The molecule has 1 aliphatic heterocycles. The van der Waals surface area contributed by atoms with Crippen molar-refractivity contribution in [3.63, 3.8) is 0 Å². The molecule has 2 aromatic rings. The molecule has 3 rings (SSSR count). The van der Waals surface area contributed by atoms with Crippen LogP contribution in [0.2, 0.25) is 0 Å². The van der Waals surface area contributed by atoms with Crippen molar-refractivity contribution >= 4 is 11.4 Å². The first-order chi connectivity index (χ1) is 10.6. The molecule has 0 saturated carbocycles. The Morgan fingerprint density at radius 1 is 1.23 bits per heavy atom. The van der Waals surface area contributed by atoms with Crippen LogP contribution in [0.25, 0.3) is 0 Å². The van der Waals surface area contributed by atoms with Gasteiger partial charge in [0.1, 0.15) is 5.82 Å². The molecule has 1 saturated heterocycles. The Balaban J connectivity index is 1.79. The Labute approximate surface area is 130 Å². The van der Waals surface area contributed by atoms with Crippen molar-refractivity contribution in [3.8, 4) is 0 Å².